The van der Waals surface area contributed by atoms with Crippen LogP contribution >= 0.6 is 0 Å². The van der Waals surface area contributed by atoms with Crippen LogP contribution in [0.25, 0.3) is 0 Å². The zero-order chi connectivity index (χ0) is 15.5. The number of carbonyl (C=O) groups excluding carboxylic acids is 1. The monoisotopic (exact) mass is 308 g/mol. The van der Waals surface area contributed by atoms with Crippen LogP contribution in [0.5, 0.6) is 0 Å². The van der Waals surface area contributed by atoms with E-state index in [2.05, 4.69) is 5.32 Å². The van der Waals surface area contributed by atoms with Gasteiger partial charge >= 0.3 is 0 Å². The largest absolute Gasteiger partial charge is 0.335 e. The lowest BCUT2D eigenvalue weighted by Crippen LogP contribution is -2.33. The lowest BCUT2D eigenvalue weighted by molar-refractivity contribution is -0.132. The number of halogens is 2. The fourth-order valence-corrected chi connectivity index (χ4v) is 3.07. The third-order valence-corrected chi connectivity index (χ3v) is 4.59. The van der Waals surface area contributed by atoms with E-state index in [0.29, 0.717) is 17.9 Å². The van der Waals surface area contributed by atoms with E-state index >= 15 is 0 Å². The van der Waals surface area contributed by atoms with Gasteiger partial charge in [0.25, 0.3) is 0 Å². The standard InChI is InChI=1S/C17H22F2N2O/c18-14-3-2-13(16(19)9-14)11-21(15-4-5-15)17(22)6-1-12-7-8-20-10-12/h2-3,9,12,15,20H,1,4-8,10-11H2. The highest BCUT2D eigenvalue weighted by atomic mass is 19.1. The molecule has 120 valence electrons. The molecule has 0 bridgehead atoms. The van der Waals surface area contributed by atoms with Gasteiger partial charge in [-0.3, -0.25) is 4.79 Å². The van der Waals surface area contributed by atoms with Crippen molar-refractivity contribution in [2.24, 2.45) is 5.92 Å². The highest BCUT2D eigenvalue weighted by Gasteiger charge is 2.33. The Balaban J connectivity index is 1.60. The molecule has 1 saturated carbocycles. The maximum atomic E-state index is 13.8. The van der Waals surface area contributed by atoms with Crippen LogP contribution < -0.4 is 5.32 Å². The van der Waals surface area contributed by atoms with Crippen LogP contribution in [0.15, 0.2) is 18.2 Å². The van der Waals surface area contributed by atoms with Gasteiger partial charge in [-0.15, -0.1) is 0 Å². The number of carbonyl (C=O) groups is 1. The lowest BCUT2D eigenvalue weighted by atomic mass is 10.0. The van der Waals surface area contributed by atoms with Crippen LogP contribution in [0.2, 0.25) is 0 Å². The lowest BCUT2D eigenvalue weighted by Gasteiger charge is -2.23. The number of nitrogens with one attached hydrogen (secondary N) is 1. The molecule has 1 aromatic carbocycles. The van der Waals surface area contributed by atoms with Crippen LogP contribution in [0.1, 0.15) is 37.7 Å². The molecule has 1 amide bonds. The van der Waals surface area contributed by atoms with E-state index in [0.717, 1.165) is 44.8 Å². The summed E-state index contributed by atoms with van der Waals surface area (Å²) in [5.41, 5.74) is 0.393. The number of benzene rings is 1. The van der Waals surface area contributed by atoms with Gasteiger partial charge in [-0.2, -0.15) is 0 Å². The molecule has 0 radical (unpaired) electrons. The molecule has 1 N–H and O–H groups in total. The molecule has 0 aromatic heterocycles. The van der Waals surface area contributed by atoms with Crippen molar-refractivity contribution in [3.63, 3.8) is 0 Å². The molecule has 1 unspecified atom stereocenters. The van der Waals surface area contributed by atoms with Gasteiger partial charge in [0, 0.05) is 30.6 Å². The summed E-state index contributed by atoms with van der Waals surface area (Å²) in [4.78, 5) is 14.2. The first-order valence-electron chi connectivity index (χ1n) is 8.07. The third-order valence-electron chi connectivity index (χ3n) is 4.59. The number of hydrogen-bond acceptors (Lipinski definition) is 2. The van der Waals surface area contributed by atoms with Gasteiger partial charge in [-0.05, 0) is 50.8 Å². The Morgan fingerprint density at radius 2 is 2.09 bits per heavy atom. The van der Waals surface area contributed by atoms with Crippen molar-refractivity contribution in [1.29, 1.82) is 0 Å². The van der Waals surface area contributed by atoms with Gasteiger partial charge < -0.3 is 10.2 Å². The first-order valence-corrected chi connectivity index (χ1v) is 8.07. The van der Waals surface area contributed by atoms with E-state index < -0.39 is 11.6 Å². The van der Waals surface area contributed by atoms with E-state index in [9.17, 15) is 13.6 Å². The fourth-order valence-electron chi connectivity index (χ4n) is 3.07. The molecule has 0 spiro atoms. The zero-order valence-corrected chi connectivity index (χ0v) is 12.7. The summed E-state index contributed by atoms with van der Waals surface area (Å²) in [6, 6.07) is 3.81. The Bertz CT molecular complexity index is 539. The molecule has 2 aliphatic rings. The second kappa shape index (κ2) is 6.73. The fraction of sp³-hybridized carbons (Fsp3) is 0.588. The van der Waals surface area contributed by atoms with Crippen LogP contribution in [0, 0.1) is 17.6 Å². The SMILES string of the molecule is O=C(CCC1CCNC1)N(Cc1ccc(F)cc1F)C1CC1. The molecule has 1 heterocycles. The van der Waals surface area contributed by atoms with Crippen LogP contribution in [0.3, 0.4) is 0 Å². The maximum absolute atomic E-state index is 13.8. The summed E-state index contributed by atoms with van der Waals surface area (Å²) in [5.74, 6) is -0.483. The Kier molecular flexibility index (Phi) is 4.71. The van der Waals surface area contributed by atoms with E-state index in [1.807, 2.05) is 0 Å². The van der Waals surface area contributed by atoms with Gasteiger partial charge in [0.15, 0.2) is 0 Å². The minimum atomic E-state index is -0.584. The number of nitrogens with zero attached hydrogens (tertiary/aromatic N) is 1. The van der Waals surface area contributed by atoms with E-state index in [1.165, 1.54) is 12.1 Å². The molecular weight excluding hydrogens is 286 g/mol. The molecule has 1 saturated heterocycles. The van der Waals surface area contributed by atoms with Gasteiger partial charge in [-0.1, -0.05) is 6.07 Å². The highest BCUT2D eigenvalue weighted by Crippen LogP contribution is 2.30. The molecule has 1 aliphatic carbocycles. The maximum Gasteiger partial charge on any atom is 0.223 e. The van der Waals surface area contributed by atoms with E-state index in [1.54, 1.807) is 4.90 Å². The van der Waals surface area contributed by atoms with Crippen molar-refractivity contribution in [3.05, 3.63) is 35.4 Å². The molecule has 1 atom stereocenters. The first kappa shape index (κ1) is 15.4. The Morgan fingerprint density at radius 3 is 2.73 bits per heavy atom. The highest BCUT2D eigenvalue weighted by molar-refractivity contribution is 5.76. The molecule has 5 heteroatoms. The van der Waals surface area contributed by atoms with Gasteiger partial charge in [0.05, 0.1) is 0 Å². The summed E-state index contributed by atoms with van der Waals surface area (Å²) in [6.45, 7) is 2.27. The quantitative estimate of drug-likeness (QED) is 0.876. The summed E-state index contributed by atoms with van der Waals surface area (Å²) in [5, 5.41) is 3.30. The Hall–Kier alpha value is -1.49. The molecule has 3 rings (SSSR count). The smallest absolute Gasteiger partial charge is 0.223 e. The van der Waals surface area contributed by atoms with E-state index in [-0.39, 0.29) is 18.5 Å². The molecule has 1 aromatic rings. The van der Waals surface area contributed by atoms with Crippen molar-refractivity contribution in [1.82, 2.24) is 10.2 Å². The number of amides is 1. The van der Waals surface area contributed by atoms with Gasteiger partial charge in [0.2, 0.25) is 5.91 Å². The van der Waals surface area contributed by atoms with Crippen molar-refractivity contribution in [2.75, 3.05) is 13.1 Å². The van der Waals surface area contributed by atoms with Gasteiger partial charge in [0.1, 0.15) is 11.6 Å². The zero-order valence-electron chi connectivity index (χ0n) is 12.7. The molecule has 3 nitrogen and oxygen atoms in total. The molecule has 1 aliphatic heterocycles. The van der Waals surface area contributed by atoms with Gasteiger partial charge in [-0.25, -0.2) is 8.78 Å². The van der Waals surface area contributed by atoms with Crippen LogP contribution in [0.4, 0.5) is 8.78 Å². The summed E-state index contributed by atoms with van der Waals surface area (Å²) in [6.07, 6.45) is 4.51. The number of rotatable bonds is 6. The van der Waals surface area contributed by atoms with Crippen molar-refractivity contribution >= 4 is 5.91 Å². The second-order valence-electron chi connectivity index (χ2n) is 6.39. The topological polar surface area (TPSA) is 32.3 Å². The van der Waals surface area contributed by atoms with E-state index in [4.69, 9.17) is 0 Å². The molecule has 22 heavy (non-hydrogen) atoms. The summed E-state index contributed by atoms with van der Waals surface area (Å²) in [7, 11) is 0. The average molecular weight is 308 g/mol. The van der Waals surface area contributed by atoms with Crippen molar-refractivity contribution in [2.45, 2.75) is 44.7 Å². The molecular formula is C17H22F2N2O. The predicted molar refractivity (Wildman–Crippen MR) is 80.1 cm³/mol. The Labute approximate surface area is 129 Å². The average Bonchev–Trinajstić information content (AvgIpc) is 3.19. The number of hydrogen-bond donors (Lipinski definition) is 1. The van der Waals surface area contributed by atoms with Crippen molar-refractivity contribution < 1.29 is 13.6 Å². The minimum absolute atomic E-state index is 0.0955. The van der Waals surface area contributed by atoms with Crippen molar-refractivity contribution in [3.8, 4) is 0 Å². The predicted octanol–water partition coefficient (Wildman–Crippen LogP) is 2.85. The first-order chi connectivity index (χ1) is 10.6. The summed E-state index contributed by atoms with van der Waals surface area (Å²) >= 11 is 0. The minimum Gasteiger partial charge on any atom is -0.335 e. The third kappa shape index (κ3) is 3.83. The van der Waals surface area contributed by atoms with Crippen LogP contribution in [-0.2, 0) is 11.3 Å². The molecule has 2 fully saturated rings. The van der Waals surface area contributed by atoms with Crippen LogP contribution in [-0.4, -0.2) is 29.9 Å². The summed E-state index contributed by atoms with van der Waals surface area (Å²) < 4.78 is 26.8. The normalized spacial score (nSPS) is 21.1. The second-order valence-corrected chi connectivity index (χ2v) is 6.39. The Morgan fingerprint density at radius 1 is 1.27 bits per heavy atom.